The number of alkyl halides is 3. The van der Waals surface area contributed by atoms with Gasteiger partial charge in [-0.2, -0.15) is 13.2 Å². The number of pyridine rings is 1. The highest BCUT2D eigenvalue weighted by Crippen LogP contribution is 2.33. The van der Waals surface area contributed by atoms with E-state index in [2.05, 4.69) is 22.2 Å². The SMILES string of the molecule is CCC1=C(Nc2ccc(N3CCN(C)CC3)cc2)N=c2c(ccc(=O)n2Cc2c(F)cccc2C(F)(F)F)=CC1. The molecule has 0 radical (unpaired) electrons. The first-order valence-electron chi connectivity index (χ1n) is 13.3. The molecule has 0 saturated carbocycles. The molecule has 0 atom stereocenters. The van der Waals surface area contributed by atoms with E-state index >= 15 is 0 Å². The molecular weight excluding hydrogens is 522 g/mol. The van der Waals surface area contributed by atoms with E-state index in [9.17, 15) is 22.4 Å². The standard InChI is InChI=1S/C30H31F4N5O/c1-3-20-7-8-21-9-14-27(40)39(19-24-25(30(32,33)34)5-4-6-26(24)31)29(21)36-28(20)35-22-10-12-23(13-11-22)38-17-15-37(2)16-18-38/h4-6,8-14,35H,3,7,15-19H2,1-2H3. The average Bonchev–Trinajstić information content (AvgIpc) is 3.10. The number of aromatic nitrogens is 1. The molecule has 2 aromatic carbocycles. The predicted molar refractivity (Wildman–Crippen MR) is 148 cm³/mol. The smallest absolute Gasteiger partial charge is 0.369 e. The Kier molecular flexibility index (Phi) is 7.80. The minimum atomic E-state index is -4.77. The summed E-state index contributed by atoms with van der Waals surface area (Å²) in [6, 6.07) is 13.7. The highest BCUT2D eigenvalue weighted by atomic mass is 19.4. The highest BCUT2D eigenvalue weighted by molar-refractivity contribution is 5.58. The average molecular weight is 554 g/mol. The molecule has 0 spiro atoms. The third kappa shape index (κ3) is 5.82. The molecule has 5 rings (SSSR count). The molecule has 1 fully saturated rings. The van der Waals surface area contributed by atoms with Crippen LogP contribution in [-0.2, 0) is 12.7 Å². The number of piperazine rings is 1. The number of likely N-dealkylation sites (N-methyl/N-ethyl adjacent to an activating group) is 1. The zero-order valence-electron chi connectivity index (χ0n) is 22.4. The molecule has 3 heterocycles. The van der Waals surface area contributed by atoms with Crippen LogP contribution >= 0.6 is 0 Å². The first-order valence-corrected chi connectivity index (χ1v) is 13.3. The number of rotatable bonds is 6. The van der Waals surface area contributed by atoms with Gasteiger partial charge in [-0.25, -0.2) is 9.38 Å². The van der Waals surface area contributed by atoms with Crippen molar-refractivity contribution in [2.45, 2.75) is 32.5 Å². The van der Waals surface area contributed by atoms with Gasteiger partial charge in [-0.1, -0.05) is 19.1 Å². The molecular formula is C30H31F4N5O. The van der Waals surface area contributed by atoms with Crippen molar-refractivity contribution in [3.05, 3.63) is 104 Å². The number of fused-ring (bicyclic) bond motifs is 1. The summed E-state index contributed by atoms with van der Waals surface area (Å²) in [7, 11) is 2.11. The van der Waals surface area contributed by atoms with Crippen LogP contribution in [0.5, 0.6) is 0 Å². The summed E-state index contributed by atoms with van der Waals surface area (Å²) in [4.78, 5) is 22.3. The Bertz CT molecular complexity index is 1600. The second-order valence-corrected chi connectivity index (χ2v) is 10.1. The molecule has 3 aromatic rings. The molecule has 0 unspecified atom stereocenters. The van der Waals surface area contributed by atoms with Crippen LogP contribution in [-0.4, -0.2) is 42.7 Å². The van der Waals surface area contributed by atoms with Crippen LogP contribution in [0.3, 0.4) is 0 Å². The summed E-state index contributed by atoms with van der Waals surface area (Å²) >= 11 is 0. The zero-order chi connectivity index (χ0) is 28.4. The summed E-state index contributed by atoms with van der Waals surface area (Å²) in [5.74, 6) is -0.505. The Labute approximate surface area is 229 Å². The second-order valence-electron chi connectivity index (χ2n) is 10.1. The van der Waals surface area contributed by atoms with Crippen LogP contribution in [0.4, 0.5) is 28.9 Å². The van der Waals surface area contributed by atoms with E-state index in [1.165, 1.54) is 6.07 Å². The fourth-order valence-corrected chi connectivity index (χ4v) is 5.07. The predicted octanol–water partition coefficient (Wildman–Crippen LogP) is 4.34. The third-order valence-electron chi connectivity index (χ3n) is 7.47. The largest absolute Gasteiger partial charge is 0.416 e. The van der Waals surface area contributed by atoms with Gasteiger partial charge in [0.1, 0.15) is 17.1 Å². The van der Waals surface area contributed by atoms with Crippen LogP contribution in [0.25, 0.3) is 6.08 Å². The summed E-state index contributed by atoms with van der Waals surface area (Å²) in [6.07, 6.45) is -1.66. The Morgan fingerprint density at radius 3 is 2.38 bits per heavy atom. The van der Waals surface area contributed by atoms with Crippen molar-refractivity contribution in [1.82, 2.24) is 9.47 Å². The minimum absolute atomic E-state index is 0.184. The van der Waals surface area contributed by atoms with Crippen LogP contribution in [0.1, 0.15) is 30.9 Å². The van der Waals surface area contributed by atoms with Gasteiger partial charge in [0.25, 0.3) is 5.56 Å². The second kappa shape index (κ2) is 11.3. The molecule has 0 amide bonds. The van der Waals surface area contributed by atoms with E-state index in [1.54, 1.807) is 6.07 Å². The molecule has 1 N–H and O–H groups in total. The summed E-state index contributed by atoms with van der Waals surface area (Å²) in [5.41, 5.74) is 0.798. The van der Waals surface area contributed by atoms with Crippen molar-refractivity contribution < 1.29 is 17.6 Å². The van der Waals surface area contributed by atoms with Gasteiger partial charge in [-0.3, -0.25) is 9.36 Å². The Morgan fingerprint density at radius 2 is 1.70 bits per heavy atom. The maximum absolute atomic E-state index is 14.7. The number of nitrogens with zero attached hydrogens (tertiary/aromatic N) is 4. The van der Waals surface area contributed by atoms with Gasteiger partial charge in [0, 0.05) is 54.4 Å². The van der Waals surface area contributed by atoms with Crippen LogP contribution < -0.4 is 26.5 Å². The maximum atomic E-state index is 14.7. The lowest BCUT2D eigenvalue weighted by Crippen LogP contribution is -2.44. The number of anilines is 2. The maximum Gasteiger partial charge on any atom is 0.416 e. The van der Waals surface area contributed by atoms with Crippen molar-refractivity contribution in [1.29, 1.82) is 0 Å². The van der Waals surface area contributed by atoms with E-state index in [0.717, 1.165) is 65.9 Å². The zero-order valence-corrected chi connectivity index (χ0v) is 22.4. The summed E-state index contributed by atoms with van der Waals surface area (Å²) in [5, 5.41) is 3.95. The van der Waals surface area contributed by atoms with Gasteiger partial charge in [-0.05, 0) is 67.9 Å². The number of nitrogens with one attached hydrogen (secondary N) is 1. The van der Waals surface area contributed by atoms with Gasteiger partial charge < -0.3 is 15.1 Å². The Morgan fingerprint density at radius 1 is 0.975 bits per heavy atom. The van der Waals surface area contributed by atoms with Gasteiger partial charge in [0.2, 0.25) is 0 Å². The fraction of sp³-hybridized carbons (Fsp3) is 0.333. The van der Waals surface area contributed by atoms with Gasteiger partial charge >= 0.3 is 6.18 Å². The monoisotopic (exact) mass is 553 g/mol. The van der Waals surface area contributed by atoms with Crippen molar-refractivity contribution in [2.24, 2.45) is 4.99 Å². The number of benzene rings is 2. The first-order chi connectivity index (χ1) is 19.1. The van der Waals surface area contributed by atoms with E-state index in [-0.39, 0.29) is 5.49 Å². The molecule has 10 heteroatoms. The van der Waals surface area contributed by atoms with Crippen LogP contribution in [0.15, 0.2) is 75.8 Å². The summed E-state index contributed by atoms with van der Waals surface area (Å²) in [6.45, 7) is 5.29. The van der Waals surface area contributed by atoms with E-state index in [4.69, 9.17) is 4.99 Å². The van der Waals surface area contributed by atoms with Crippen molar-refractivity contribution >= 4 is 17.5 Å². The van der Waals surface area contributed by atoms with Gasteiger partial charge in [0.05, 0.1) is 12.1 Å². The number of hydrogen-bond acceptors (Lipinski definition) is 5. The van der Waals surface area contributed by atoms with Crippen molar-refractivity contribution in [3.8, 4) is 0 Å². The first kappa shape index (κ1) is 27.6. The molecule has 1 saturated heterocycles. The summed E-state index contributed by atoms with van der Waals surface area (Å²) < 4.78 is 56.9. The molecule has 6 nitrogen and oxygen atoms in total. The molecule has 0 bridgehead atoms. The Balaban J connectivity index is 1.52. The molecule has 40 heavy (non-hydrogen) atoms. The lowest BCUT2D eigenvalue weighted by Gasteiger charge is -2.34. The number of allylic oxidation sites excluding steroid dienone is 1. The van der Waals surface area contributed by atoms with Gasteiger partial charge in [0.15, 0.2) is 0 Å². The van der Waals surface area contributed by atoms with E-state index < -0.39 is 35.2 Å². The molecule has 2 aliphatic heterocycles. The quantitative estimate of drug-likeness (QED) is 0.462. The lowest BCUT2D eigenvalue weighted by molar-refractivity contribution is -0.138. The van der Waals surface area contributed by atoms with Crippen LogP contribution in [0, 0.1) is 5.82 Å². The molecule has 2 aliphatic rings. The molecule has 210 valence electrons. The van der Waals surface area contributed by atoms with Crippen molar-refractivity contribution in [3.63, 3.8) is 0 Å². The fourth-order valence-electron chi connectivity index (χ4n) is 5.07. The normalized spacial score (nSPS) is 16.2. The van der Waals surface area contributed by atoms with E-state index in [1.807, 2.05) is 37.3 Å². The van der Waals surface area contributed by atoms with Crippen LogP contribution in [0.2, 0.25) is 0 Å². The third-order valence-corrected chi connectivity index (χ3v) is 7.47. The van der Waals surface area contributed by atoms with Crippen molar-refractivity contribution in [2.75, 3.05) is 43.4 Å². The minimum Gasteiger partial charge on any atom is -0.369 e. The molecule has 1 aromatic heterocycles. The number of halogens is 4. The Hall–Kier alpha value is -3.92. The topological polar surface area (TPSA) is 52.9 Å². The van der Waals surface area contributed by atoms with E-state index in [0.29, 0.717) is 23.9 Å². The highest BCUT2D eigenvalue weighted by Gasteiger charge is 2.34. The molecule has 0 aliphatic carbocycles. The lowest BCUT2D eigenvalue weighted by atomic mass is 10.1. The number of hydrogen-bond donors (Lipinski definition) is 1. The van der Waals surface area contributed by atoms with Gasteiger partial charge in [-0.15, -0.1) is 0 Å².